The molecule has 0 unspecified atom stereocenters. The van der Waals surface area contributed by atoms with E-state index in [1.807, 2.05) is 13.8 Å². The van der Waals surface area contributed by atoms with Crippen LogP contribution in [0.3, 0.4) is 0 Å². The average Bonchev–Trinajstić information content (AvgIpc) is 2.46. The van der Waals surface area contributed by atoms with Crippen LogP contribution in [0.4, 0.5) is 0 Å². The predicted octanol–water partition coefficient (Wildman–Crippen LogP) is 3.48. The summed E-state index contributed by atoms with van der Waals surface area (Å²) in [5, 5.41) is 3.38. The fraction of sp³-hybridized carbons (Fsp3) is 0.562. The van der Waals surface area contributed by atoms with Crippen LogP contribution in [-0.2, 0) is 16.1 Å². The fourth-order valence-corrected chi connectivity index (χ4v) is 2.69. The van der Waals surface area contributed by atoms with E-state index < -0.39 is 5.41 Å². The second-order valence-electron chi connectivity index (χ2n) is 5.48. The highest BCUT2D eigenvalue weighted by Gasteiger charge is 2.28. The van der Waals surface area contributed by atoms with Crippen molar-refractivity contribution < 1.29 is 9.53 Å². The van der Waals surface area contributed by atoms with Gasteiger partial charge in [-0.2, -0.15) is 0 Å². The number of thioether (sulfide) groups is 1. The van der Waals surface area contributed by atoms with Gasteiger partial charge in [0.25, 0.3) is 0 Å². The first-order valence-corrected chi connectivity index (χ1v) is 7.99. The van der Waals surface area contributed by atoms with Crippen LogP contribution >= 0.6 is 11.8 Å². The molecule has 0 saturated carbocycles. The van der Waals surface area contributed by atoms with Gasteiger partial charge in [0.2, 0.25) is 0 Å². The molecule has 0 aliphatic heterocycles. The Morgan fingerprint density at radius 3 is 2.50 bits per heavy atom. The van der Waals surface area contributed by atoms with Gasteiger partial charge in [0.1, 0.15) is 0 Å². The number of nitrogens with one attached hydrogen (secondary N) is 1. The number of carbonyl (C=O) groups excluding carboxylic acids is 1. The summed E-state index contributed by atoms with van der Waals surface area (Å²) >= 11 is 1.69. The van der Waals surface area contributed by atoms with Crippen LogP contribution in [0, 0.1) is 5.41 Å². The summed E-state index contributed by atoms with van der Waals surface area (Å²) in [5.41, 5.74) is 0.829. The van der Waals surface area contributed by atoms with Gasteiger partial charge in [-0.25, -0.2) is 0 Å². The summed E-state index contributed by atoms with van der Waals surface area (Å²) in [4.78, 5) is 12.8. The van der Waals surface area contributed by atoms with Crippen molar-refractivity contribution in [3.05, 3.63) is 29.8 Å². The molecule has 0 saturated heterocycles. The fourth-order valence-electron chi connectivity index (χ4n) is 1.71. The zero-order valence-electron chi connectivity index (χ0n) is 12.9. The van der Waals surface area contributed by atoms with Crippen LogP contribution in [0.15, 0.2) is 29.2 Å². The van der Waals surface area contributed by atoms with E-state index in [1.165, 1.54) is 17.6 Å². The monoisotopic (exact) mass is 295 g/mol. The second kappa shape index (κ2) is 8.32. The van der Waals surface area contributed by atoms with Gasteiger partial charge in [-0.3, -0.25) is 4.79 Å². The standard InChI is InChI=1S/C16H25NO2S/c1-5-10-17-11-13-6-8-14(9-7-13)20-12-16(2,3)15(18)19-4/h6-9,17H,5,10-12H2,1-4H3. The van der Waals surface area contributed by atoms with Gasteiger partial charge in [0, 0.05) is 17.2 Å². The highest BCUT2D eigenvalue weighted by molar-refractivity contribution is 7.99. The zero-order valence-corrected chi connectivity index (χ0v) is 13.7. The predicted molar refractivity (Wildman–Crippen MR) is 85.0 cm³/mol. The molecule has 0 radical (unpaired) electrons. The number of methoxy groups -OCH3 is 1. The van der Waals surface area contributed by atoms with Gasteiger partial charge in [0.15, 0.2) is 0 Å². The molecule has 0 amide bonds. The molecule has 0 atom stereocenters. The molecule has 1 N–H and O–H groups in total. The molecule has 0 aromatic heterocycles. The number of rotatable bonds is 8. The molecule has 1 aromatic carbocycles. The molecule has 3 nitrogen and oxygen atoms in total. The van der Waals surface area contributed by atoms with E-state index in [4.69, 9.17) is 4.74 Å². The van der Waals surface area contributed by atoms with E-state index in [9.17, 15) is 4.79 Å². The Morgan fingerprint density at radius 2 is 1.95 bits per heavy atom. The molecular weight excluding hydrogens is 270 g/mol. The number of esters is 1. The quantitative estimate of drug-likeness (QED) is 0.453. The maximum absolute atomic E-state index is 11.6. The van der Waals surface area contributed by atoms with E-state index in [-0.39, 0.29) is 5.97 Å². The summed E-state index contributed by atoms with van der Waals surface area (Å²) in [6, 6.07) is 8.49. The maximum atomic E-state index is 11.6. The van der Waals surface area contributed by atoms with Crippen molar-refractivity contribution in [3.8, 4) is 0 Å². The van der Waals surface area contributed by atoms with Crippen molar-refractivity contribution >= 4 is 17.7 Å². The molecule has 20 heavy (non-hydrogen) atoms. The molecule has 112 valence electrons. The smallest absolute Gasteiger partial charge is 0.312 e. The van der Waals surface area contributed by atoms with Crippen LogP contribution in [0.1, 0.15) is 32.8 Å². The summed E-state index contributed by atoms with van der Waals surface area (Å²) in [5.74, 6) is 0.554. The highest BCUT2D eigenvalue weighted by Crippen LogP contribution is 2.28. The van der Waals surface area contributed by atoms with E-state index in [0.717, 1.165) is 19.5 Å². The van der Waals surface area contributed by atoms with Crippen molar-refractivity contribution in [3.63, 3.8) is 0 Å². The SMILES string of the molecule is CCCNCc1ccc(SCC(C)(C)C(=O)OC)cc1. The van der Waals surface area contributed by atoms with Gasteiger partial charge < -0.3 is 10.1 Å². The third kappa shape index (κ3) is 5.55. The van der Waals surface area contributed by atoms with Crippen LogP contribution in [-0.4, -0.2) is 25.4 Å². The van der Waals surface area contributed by atoms with Crippen LogP contribution in [0.5, 0.6) is 0 Å². The Bertz CT molecular complexity index is 415. The van der Waals surface area contributed by atoms with Crippen LogP contribution < -0.4 is 5.32 Å². The van der Waals surface area contributed by atoms with Crippen LogP contribution in [0.25, 0.3) is 0 Å². The van der Waals surface area contributed by atoms with Gasteiger partial charge in [-0.15, -0.1) is 11.8 Å². The molecule has 0 bridgehead atoms. The Balaban J connectivity index is 2.47. The Hall–Kier alpha value is -1.00. The maximum Gasteiger partial charge on any atom is 0.312 e. The van der Waals surface area contributed by atoms with E-state index >= 15 is 0 Å². The largest absolute Gasteiger partial charge is 0.469 e. The Morgan fingerprint density at radius 1 is 1.30 bits per heavy atom. The molecule has 0 aliphatic carbocycles. The number of hydrogen-bond donors (Lipinski definition) is 1. The third-order valence-corrected chi connectivity index (χ3v) is 4.49. The molecule has 0 spiro atoms. The van der Waals surface area contributed by atoms with Crippen molar-refractivity contribution in [2.75, 3.05) is 19.4 Å². The summed E-state index contributed by atoms with van der Waals surface area (Å²) in [6.07, 6.45) is 1.15. The Kier molecular flexibility index (Phi) is 7.10. The molecule has 1 aromatic rings. The minimum atomic E-state index is -0.458. The molecule has 0 heterocycles. The molecule has 0 fully saturated rings. The van der Waals surface area contributed by atoms with E-state index in [1.54, 1.807) is 11.8 Å². The van der Waals surface area contributed by atoms with Gasteiger partial charge in [-0.05, 0) is 44.5 Å². The number of carbonyl (C=O) groups is 1. The summed E-state index contributed by atoms with van der Waals surface area (Å²) < 4.78 is 4.82. The average molecular weight is 295 g/mol. The minimum Gasteiger partial charge on any atom is -0.469 e. The first-order valence-electron chi connectivity index (χ1n) is 7.00. The number of benzene rings is 1. The lowest BCUT2D eigenvalue weighted by molar-refractivity contribution is -0.149. The lowest BCUT2D eigenvalue weighted by Crippen LogP contribution is -2.28. The molecule has 0 aliphatic rings. The zero-order chi connectivity index (χ0) is 15.0. The highest BCUT2D eigenvalue weighted by atomic mass is 32.2. The van der Waals surface area contributed by atoms with Crippen molar-refractivity contribution in [1.82, 2.24) is 5.32 Å². The van der Waals surface area contributed by atoms with Crippen molar-refractivity contribution in [2.45, 2.75) is 38.6 Å². The minimum absolute atomic E-state index is 0.162. The molecular formula is C16H25NO2S. The van der Waals surface area contributed by atoms with Crippen molar-refractivity contribution in [1.29, 1.82) is 0 Å². The topological polar surface area (TPSA) is 38.3 Å². The van der Waals surface area contributed by atoms with E-state index in [0.29, 0.717) is 5.75 Å². The van der Waals surface area contributed by atoms with Gasteiger partial charge >= 0.3 is 5.97 Å². The summed E-state index contributed by atoms with van der Waals surface area (Å²) in [6.45, 7) is 7.94. The Labute approximate surface area is 126 Å². The van der Waals surface area contributed by atoms with Crippen LogP contribution in [0.2, 0.25) is 0 Å². The third-order valence-electron chi connectivity index (χ3n) is 3.02. The van der Waals surface area contributed by atoms with E-state index in [2.05, 4.69) is 36.5 Å². The van der Waals surface area contributed by atoms with Crippen molar-refractivity contribution in [2.24, 2.45) is 5.41 Å². The number of ether oxygens (including phenoxy) is 1. The number of hydrogen-bond acceptors (Lipinski definition) is 4. The van der Waals surface area contributed by atoms with Gasteiger partial charge in [0.05, 0.1) is 12.5 Å². The summed E-state index contributed by atoms with van der Waals surface area (Å²) in [7, 11) is 1.44. The lowest BCUT2D eigenvalue weighted by Gasteiger charge is -2.20. The normalized spacial score (nSPS) is 11.4. The molecule has 1 rings (SSSR count). The first-order chi connectivity index (χ1) is 9.49. The molecule has 4 heteroatoms. The van der Waals surface area contributed by atoms with Gasteiger partial charge in [-0.1, -0.05) is 19.1 Å². The lowest BCUT2D eigenvalue weighted by atomic mass is 9.97. The first kappa shape index (κ1) is 17.1. The second-order valence-corrected chi connectivity index (χ2v) is 6.53.